The van der Waals surface area contributed by atoms with Crippen molar-refractivity contribution in [1.29, 1.82) is 0 Å². The third-order valence-corrected chi connectivity index (χ3v) is 3.73. The van der Waals surface area contributed by atoms with Crippen molar-refractivity contribution >= 4 is 15.9 Å². The van der Waals surface area contributed by atoms with Crippen molar-refractivity contribution in [1.82, 2.24) is 5.32 Å². The Hall–Kier alpha value is -0.340. The van der Waals surface area contributed by atoms with Crippen LogP contribution in [0.2, 0.25) is 0 Å². The lowest BCUT2D eigenvalue weighted by atomic mass is 9.92. The first-order valence-electron chi connectivity index (χ1n) is 5.74. The second-order valence-electron chi connectivity index (χ2n) is 4.49. The first kappa shape index (κ1) is 11.2. The molecule has 1 fully saturated rings. The van der Waals surface area contributed by atoms with E-state index in [-0.39, 0.29) is 0 Å². The van der Waals surface area contributed by atoms with Gasteiger partial charge in [-0.25, -0.2) is 0 Å². The highest BCUT2D eigenvalue weighted by atomic mass is 79.9. The minimum atomic E-state index is 0.600. The van der Waals surface area contributed by atoms with Crippen LogP contribution in [0.4, 0.5) is 0 Å². The number of halogens is 1. The zero-order valence-corrected chi connectivity index (χ0v) is 10.8. The highest BCUT2D eigenvalue weighted by Gasteiger charge is 2.17. The molecule has 0 aliphatic heterocycles. The molecular formula is C13H18BrN. The molecule has 2 rings (SSSR count). The quantitative estimate of drug-likeness (QED) is 0.878. The predicted molar refractivity (Wildman–Crippen MR) is 68.2 cm³/mol. The maximum absolute atomic E-state index is 3.62. The summed E-state index contributed by atoms with van der Waals surface area (Å²) >= 11 is 3.51. The van der Waals surface area contributed by atoms with Crippen LogP contribution in [-0.2, 0) is 0 Å². The van der Waals surface area contributed by atoms with Crippen LogP contribution in [0.3, 0.4) is 0 Å². The van der Waals surface area contributed by atoms with Crippen LogP contribution < -0.4 is 5.32 Å². The molecule has 1 aliphatic rings. The summed E-state index contributed by atoms with van der Waals surface area (Å²) in [6, 6.07) is 9.40. The van der Waals surface area contributed by atoms with Gasteiger partial charge >= 0.3 is 0 Å². The van der Waals surface area contributed by atoms with Gasteiger partial charge < -0.3 is 5.32 Å². The highest BCUT2D eigenvalue weighted by Crippen LogP contribution is 2.22. The molecule has 15 heavy (non-hydrogen) atoms. The maximum atomic E-state index is 3.62. The second-order valence-corrected chi connectivity index (χ2v) is 5.41. The van der Waals surface area contributed by atoms with E-state index in [1.54, 1.807) is 0 Å². The van der Waals surface area contributed by atoms with Crippen LogP contribution in [0.15, 0.2) is 28.7 Å². The van der Waals surface area contributed by atoms with E-state index in [1.165, 1.54) is 29.3 Å². The van der Waals surface area contributed by atoms with Gasteiger partial charge in [0.2, 0.25) is 0 Å². The monoisotopic (exact) mass is 267 g/mol. The summed E-state index contributed by atoms with van der Waals surface area (Å²) in [5.74, 6) is 0.600. The number of nitrogens with one attached hydrogen (secondary N) is 1. The van der Waals surface area contributed by atoms with Gasteiger partial charge in [0.15, 0.2) is 0 Å². The SMILES string of the molecule is CC(CNC1CCC1)c1cccc(Br)c1. The van der Waals surface area contributed by atoms with Crippen LogP contribution in [0.25, 0.3) is 0 Å². The van der Waals surface area contributed by atoms with Gasteiger partial charge in [0.25, 0.3) is 0 Å². The topological polar surface area (TPSA) is 12.0 Å². The largest absolute Gasteiger partial charge is 0.313 e. The van der Waals surface area contributed by atoms with Crippen molar-refractivity contribution in [3.63, 3.8) is 0 Å². The molecule has 0 radical (unpaired) electrons. The van der Waals surface area contributed by atoms with E-state index in [0.717, 1.165) is 12.6 Å². The van der Waals surface area contributed by atoms with Crippen molar-refractivity contribution in [3.05, 3.63) is 34.3 Å². The molecule has 0 bridgehead atoms. The predicted octanol–water partition coefficient (Wildman–Crippen LogP) is 3.69. The molecule has 1 atom stereocenters. The lowest BCUT2D eigenvalue weighted by Gasteiger charge is -2.28. The Labute approximate surface area is 100 Å². The van der Waals surface area contributed by atoms with Crippen LogP contribution in [0.1, 0.15) is 37.7 Å². The Morgan fingerprint density at radius 1 is 1.47 bits per heavy atom. The minimum Gasteiger partial charge on any atom is -0.313 e. The molecule has 82 valence electrons. The summed E-state index contributed by atoms with van der Waals surface area (Å²) in [6.07, 6.45) is 4.14. The number of hydrogen-bond acceptors (Lipinski definition) is 1. The van der Waals surface area contributed by atoms with E-state index in [2.05, 4.69) is 52.4 Å². The molecule has 0 spiro atoms. The number of hydrogen-bond donors (Lipinski definition) is 1. The molecule has 2 heteroatoms. The van der Waals surface area contributed by atoms with Crippen LogP contribution in [-0.4, -0.2) is 12.6 Å². The number of benzene rings is 1. The molecule has 1 aliphatic carbocycles. The van der Waals surface area contributed by atoms with Gasteiger partial charge in [0.05, 0.1) is 0 Å². The average molecular weight is 268 g/mol. The van der Waals surface area contributed by atoms with E-state index in [1.807, 2.05) is 0 Å². The molecule has 1 N–H and O–H groups in total. The molecular weight excluding hydrogens is 250 g/mol. The van der Waals surface area contributed by atoms with Gasteiger partial charge in [0, 0.05) is 17.1 Å². The van der Waals surface area contributed by atoms with E-state index < -0.39 is 0 Å². The summed E-state index contributed by atoms with van der Waals surface area (Å²) in [5, 5.41) is 3.62. The van der Waals surface area contributed by atoms with E-state index in [4.69, 9.17) is 0 Å². The number of rotatable bonds is 4. The first-order chi connectivity index (χ1) is 7.25. The maximum Gasteiger partial charge on any atom is 0.0178 e. The Morgan fingerprint density at radius 2 is 2.27 bits per heavy atom. The van der Waals surface area contributed by atoms with E-state index in [9.17, 15) is 0 Å². The van der Waals surface area contributed by atoms with Gasteiger partial charge in [-0.2, -0.15) is 0 Å². The fourth-order valence-corrected chi connectivity index (χ4v) is 2.30. The Morgan fingerprint density at radius 3 is 2.87 bits per heavy atom. The average Bonchev–Trinajstić information content (AvgIpc) is 2.15. The van der Waals surface area contributed by atoms with Gasteiger partial charge in [-0.05, 0) is 36.5 Å². The first-order valence-corrected chi connectivity index (χ1v) is 6.54. The molecule has 0 saturated heterocycles. The molecule has 0 amide bonds. The molecule has 1 aromatic carbocycles. The summed E-state index contributed by atoms with van der Waals surface area (Å²) in [4.78, 5) is 0. The van der Waals surface area contributed by atoms with Crippen molar-refractivity contribution < 1.29 is 0 Å². The summed E-state index contributed by atoms with van der Waals surface area (Å²) in [7, 11) is 0. The second kappa shape index (κ2) is 5.13. The third-order valence-electron chi connectivity index (χ3n) is 3.24. The molecule has 1 unspecified atom stereocenters. The van der Waals surface area contributed by atoms with E-state index >= 15 is 0 Å². The summed E-state index contributed by atoms with van der Waals surface area (Å²) in [6.45, 7) is 3.38. The normalized spacial score (nSPS) is 18.5. The summed E-state index contributed by atoms with van der Waals surface area (Å²) in [5.41, 5.74) is 1.41. The molecule has 1 nitrogen and oxygen atoms in total. The Balaban J connectivity index is 1.86. The lowest BCUT2D eigenvalue weighted by Crippen LogP contribution is -2.37. The molecule has 1 aromatic rings. The van der Waals surface area contributed by atoms with Gasteiger partial charge in [0.1, 0.15) is 0 Å². The molecule has 0 aromatic heterocycles. The van der Waals surface area contributed by atoms with Gasteiger partial charge in [-0.3, -0.25) is 0 Å². The summed E-state index contributed by atoms with van der Waals surface area (Å²) < 4.78 is 1.18. The molecule has 1 saturated carbocycles. The Bertz CT molecular complexity index is 320. The molecule has 0 heterocycles. The van der Waals surface area contributed by atoms with Crippen molar-refractivity contribution in [2.75, 3.05) is 6.54 Å². The smallest absolute Gasteiger partial charge is 0.0178 e. The fraction of sp³-hybridized carbons (Fsp3) is 0.538. The fourth-order valence-electron chi connectivity index (χ4n) is 1.89. The van der Waals surface area contributed by atoms with Crippen LogP contribution in [0.5, 0.6) is 0 Å². The zero-order valence-electron chi connectivity index (χ0n) is 9.17. The van der Waals surface area contributed by atoms with Gasteiger partial charge in [-0.15, -0.1) is 0 Å². The van der Waals surface area contributed by atoms with E-state index in [0.29, 0.717) is 5.92 Å². The Kier molecular flexibility index (Phi) is 3.81. The standard InChI is InChI=1S/C13H18BrN/c1-10(9-15-13-6-3-7-13)11-4-2-5-12(14)8-11/h2,4-5,8,10,13,15H,3,6-7,9H2,1H3. The van der Waals surface area contributed by atoms with Crippen molar-refractivity contribution in [2.24, 2.45) is 0 Å². The van der Waals surface area contributed by atoms with Crippen LogP contribution >= 0.6 is 15.9 Å². The zero-order chi connectivity index (χ0) is 10.7. The van der Waals surface area contributed by atoms with Crippen LogP contribution in [0, 0.1) is 0 Å². The minimum absolute atomic E-state index is 0.600. The lowest BCUT2D eigenvalue weighted by molar-refractivity contribution is 0.334. The third kappa shape index (κ3) is 3.05. The van der Waals surface area contributed by atoms with Crippen molar-refractivity contribution in [2.45, 2.75) is 38.1 Å². The van der Waals surface area contributed by atoms with Crippen molar-refractivity contribution in [3.8, 4) is 0 Å². The van der Waals surface area contributed by atoms with Gasteiger partial charge in [-0.1, -0.05) is 41.4 Å². The highest BCUT2D eigenvalue weighted by molar-refractivity contribution is 9.10.